The summed E-state index contributed by atoms with van der Waals surface area (Å²) >= 11 is 0. The van der Waals surface area contributed by atoms with Gasteiger partial charge in [-0.05, 0) is 35.7 Å². The number of aromatic nitrogens is 4. The molecule has 4 aromatic rings. The molecule has 1 amide bonds. The Kier molecular flexibility index (Phi) is 5.41. The fourth-order valence-electron chi connectivity index (χ4n) is 3.95. The van der Waals surface area contributed by atoms with Crippen molar-refractivity contribution in [3.05, 3.63) is 84.4 Å². The van der Waals surface area contributed by atoms with Crippen LogP contribution in [0.4, 0.5) is 0 Å². The maximum Gasteiger partial charge on any atom is 0.223 e. The van der Waals surface area contributed by atoms with Crippen LogP contribution in [0.1, 0.15) is 23.8 Å². The van der Waals surface area contributed by atoms with Crippen molar-refractivity contribution in [3.8, 4) is 11.1 Å². The van der Waals surface area contributed by atoms with Gasteiger partial charge in [-0.15, -0.1) is 5.10 Å². The molecule has 1 saturated heterocycles. The van der Waals surface area contributed by atoms with Crippen LogP contribution in [-0.4, -0.2) is 50.3 Å². The molecule has 0 spiro atoms. The number of benzene rings is 1. The number of hydrogen-bond donors (Lipinski definition) is 0. The minimum absolute atomic E-state index is 0.147. The van der Waals surface area contributed by atoms with Crippen molar-refractivity contribution < 1.29 is 9.53 Å². The minimum Gasteiger partial charge on any atom is -0.368 e. The van der Waals surface area contributed by atoms with Crippen LogP contribution in [0.15, 0.2) is 73.2 Å². The van der Waals surface area contributed by atoms with E-state index in [0.29, 0.717) is 26.1 Å². The number of nitrogens with zero attached hydrogens (tertiary/aromatic N) is 5. The largest absolute Gasteiger partial charge is 0.368 e. The summed E-state index contributed by atoms with van der Waals surface area (Å²) in [6.07, 6.45) is 6.45. The Morgan fingerprint density at radius 1 is 1.03 bits per heavy atom. The van der Waals surface area contributed by atoms with Crippen molar-refractivity contribution in [3.63, 3.8) is 0 Å². The summed E-state index contributed by atoms with van der Waals surface area (Å²) < 4.78 is 7.74. The molecule has 7 heteroatoms. The van der Waals surface area contributed by atoms with Gasteiger partial charge in [-0.2, -0.15) is 0 Å². The van der Waals surface area contributed by atoms with Gasteiger partial charge in [0.15, 0.2) is 0 Å². The first-order valence-electron chi connectivity index (χ1n) is 10.5. The van der Waals surface area contributed by atoms with E-state index < -0.39 is 0 Å². The molecule has 1 atom stereocenters. The van der Waals surface area contributed by atoms with E-state index in [0.717, 1.165) is 28.8 Å². The molecule has 1 unspecified atom stereocenters. The Labute approximate surface area is 180 Å². The number of ether oxygens (including phenoxy) is 1. The SMILES string of the molecule is O=C(CCc1ccccc1)N1CCOC(c2nnn3cc(-c4ccncc4)ccc23)C1. The molecule has 0 N–H and O–H groups in total. The Morgan fingerprint density at radius 2 is 1.87 bits per heavy atom. The smallest absolute Gasteiger partial charge is 0.223 e. The normalized spacial score (nSPS) is 16.5. The predicted molar refractivity (Wildman–Crippen MR) is 116 cm³/mol. The van der Waals surface area contributed by atoms with Gasteiger partial charge in [0.05, 0.1) is 18.7 Å². The molecule has 1 fully saturated rings. The zero-order chi connectivity index (χ0) is 21.0. The van der Waals surface area contributed by atoms with Gasteiger partial charge in [0.1, 0.15) is 11.8 Å². The van der Waals surface area contributed by atoms with Crippen LogP contribution in [-0.2, 0) is 16.0 Å². The highest BCUT2D eigenvalue weighted by atomic mass is 16.5. The highest BCUT2D eigenvalue weighted by Gasteiger charge is 2.28. The van der Waals surface area contributed by atoms with Crippen LogP contribution in [0.5, 0.6) is 0 Å². The minimum atomic E-state index is -0.279. The number of morpholine rings is 1. The van der Waals surface area contributed by atoms with Gasteiger partial charge >= 0.3 is 0 Å². The molecule has 1 aromatic carbocycles. The Hall–Kier alpha value is -3.58. The second-order valence-corrected chi connectivity index (χ2v) is 7.64. The molecule has 156 valence electrons. The zero-order valence-electron chi connectivity index (χ0n) is 17.1. The quantitative estimate of drug-likeness (QED) is 0.502. The Balaban J connectivity index is 1.30. The van der Waals surface area contributed by atoms with Crippen molar-refractivity contribution in [1.29, 1.82) is 0 Å². The second kappa shape index (κ2) is 8.65. The zero-order valence-corrected chi connectivity index (χ0v) is 17.1. The Bertz CT molecular complexity index is 1180. The molecule has 0 aliphatic carbocycles. The number of carbonyl (C=O) groups excluding carboxylic acids is 1. The number of aryl methyl sites for hydroxylation is 1. The first-order chi connectivity index (χ1) is 15.3. The van der Waals surface area contributed by atoms with Crippen LogP contribution in [0.3, 0.4) is 0 Å². The van der Waals surface area contributed by atoms with Crippen molar-refractivity contribution in [2.24, 2.45) is 0 Å². The van der Waals surface area contributed by atoms with E-state index in [-0.39, 0.29) is 12.0 Å². The lowest BCUT2D eigenvalue weighted by Gasteiger charge is -2.32. The number of rotatable bonds is 5. The average Bonchev–Trinajstić information content (AvgIpc) is 3.27. The van der Waals surface area contributed by atoms with Gasteiger partial charge < -0.3 is 9.64 Å². The molecule has 1 aliphatic rings. The van der Waals surface area contributed by atoms with Crippen LogP contribution < -0.4 is 0 Å². The monoisotopic (exact) mass is 413 g/mol. The third kappa shape index (κ3) is 4.18. The molecular formula is C24H23N5O2. The molecule has 0 radical (unpaired) electrons. The lowest BCUT2D eigenvalue weighted by molar-refractivity contribution is -0.139. The molecule has 7 nitrogen and oxygen atoms in total. The fourth-order valence-corrected chi connectivity index (χ4v) is 3.95. The maximum atomic E-state index is 12.8. The summed E-state index contributed by atoms with van der Waals surface area (Å²) in [7, 11) is 0. The molecular weight excluding hydrogens is 390 g/mol. The first kappa shape index (κ1) is 19.4. The van der Waals surface area contributed by atoms with Crippen molar-refractivity contribution >= 4 is 11.4 Å². The summed E-state index contributed by atoms with van der Waals surface area (Å²) in [5.74, 6) is 0.147. The van der Waals surface area contributed by atoms with Crippen molar-refractivity contribution in [2.75, 3.05) is 19.7 Å². The van der Waals surface area contributed by atoms with Gasteiger partial charge in [0.2, 0.25) is 5.91 Å². The third-order valence-electron chi connectivity index (χ3n) is 5.65. The first-order valence-corrected chi connectivity index (χ1v) is 10.5. The number of fused-ring (bicyclic) bond motifs is 1. The van der Waals surface area contributed by atoms with Crippen LogP contribution in [0.2, 0.25) is 0 Å². The molecule has 5 rings (SSSR count). The number of carbonyl (C=O) groups is 1. The lowest BCUT2D eigenvalue weighted by Crippen LogP contribution is -2.42. The fraction of sp³-hybridized carbons (Fsp3) is 0.250. The lowest BCUT2D eigenvalue weighted by atomic mass is 10.1. The predicted octanol–water partition coefficient (Wildman–Crippen LogP) is 3.32. The van der Waals surface area contributed by atoms with Gasteiger partial charge in [-0.1, -0.05) is 41.6 Å². The van der Waals surface area contributed by atoms with Crippen LogP contribution >= 0.6 is 0 Å². The van der Waals surface area contributed by atoms with E-state index in [4.69, 9.17) is 4.74 Å². The third-order valence-corrected chi connectivity index (χ3v) is 5.65. The summed E-state index contributed by atoms with van der Waals surface area (Å²) in [6.45, 7) is 1.60. The highest BCUT2D eigenvalue weighted by Crippen LogP contribution is 2.27. The number of pyridine rings is 2. The van der Waals surface area contributed by atoms with E-state index in [1.165, 1.54) is 5.56 Å². The highest BCUT2D eigenvalue weighted by molar-refractivity contribution is 5.76. The average molecular weight is 413 g/mol. The second-order valence-electron chi connectivity index (χ2n) is 7.64. The van der Waals surface area contributed by atoms with Crippen LogP contribution in [0.25, 0.3) is 16.6 Å². The molecule has 3 aromatic heterocycles. The van der Waals surface area contributed by atoms with Crippen LogP contribution in [0, 0.1) is 0 Å². The molecule has 31 heavy (non-hydrogen) atoms. The standard InChI is InChI=1S/C24H23N5O2/c30-23(9-6-18-4-2-1-3-5-18)28-14-15-31-22(17-28)24-21-8-7-20(16-29(21)27-26-24)19-10-12-25-13-11-19/h1-5,7-8,10-13,16,22H,6,9,14-15,17H2. The number of amides is 1. The summed E-state index contributed by atoms with van der Waals surface area (Å²) in [5, 5.41) is 8.67. The van der Waals surface area contributed by atoms with E-state index in [2.05, 4.69) is 27.4 Å². The summed E-state index contributed by atoms with van der Waals surface area (Å²) in [4.78, 5) is 18.7. The topological polar surface area (TPSA) is 72.6 Å². The molecule has 4 heterocycles. The van der Waals surface area contributed by atoms with E-state index >= 15 is 0 Å². The number of hydrogen-bond acceptors (Lipinski definition) is 5. The Morgan fingerprint density at radius 3 is 2.71 bits per heavy atom. The summed E-state index contributed by atoms with van der Waals surface area (Å²) in [5.41, 5.74) is 4.94. The van der Waals surface area contributed by atoms with Gasteiger partial charge in [0, 0.05) is 37.1 Å². The molecule has 0 bridgehead atoms. The van der Waals surface area contributed by atoms with E-state index in [1.807, 2.05) is 53.6 Å². The molecule has 0 saturated carbocycles. The molecule has 1 aliphatic heterocycles. The maximum absolute atomic E-state index is 12.8. The van der Waals surface area contributed by atoms with Gasteiger partial charge in [0.25, 0.3) is 0 Å². The summed E-state index contributed by atoms with van der Waals surface area (Å²) in [6, 6.07) is 18.1. The van der Waals surface area contributed by atoms with Crippen molar-refractivity contribution in [1.82, 2.24) is 24.7 Å². The van der Waals surface area contributed by atoms with E-state index in [9.17, 15) is 4.79 Å². The van der Waals surface area contributed by atoms with Gasteiger partial charge in [-0.3, -0.25) is 9.78 Å². The van der Waals surface area contributed by atoms with Gasteiger partial charge in [-0.25, -0.2) is 4.52 Å². The van der Waals surface area contributed by atoms with Crippen molar-refractivity contribution in [2.45, 2.75) is 18.9 Å². The van der Waals surface area contributed by atoms with E-state index in [1.54, 1.807) is 16.9 Å².